The number of esters is 1. The van der Waals surface area contributed by atoms with Crippen molar-refractivity contribution in [3.8, 4) is 0 Å². The number of aliphatic carboxylic acids is 1. The average Bonchev–Trinajstić information content (AvgIpc) is 3.04. The SMILES string of the molecule is CC(=O)C1CCC2C3CC=C4C[C@@H](OC(=O)CCC(=O)O)CC[C@]4(C)C3CC[C@]12C. The van der Waals surface area contributed by atoms with Gasteiger partial charge in [0.15, 0.2) is 0 Å². The Bertz CT molecular complexity index is 770. The molecule has 0 aromatic rings. The minimum atomic E-state index is -0.965. The highest BCUT2D eigenvalue weighted by Gasteiger charge is 2.59. The lowest BCUT2D eigenvalue weighted by Crippen LogP contribution is -2.51. The second kappa shape index (κ2) is 7.80. The van der Waals surface area contributed by atoms with E-state index in [1.807, 2.05) is 0 Å². The van der Waals surface area contributed by atoms with Crippen molar-refractivity contribution in [1.82, 2.24) is 0 Å². The zero-order valence-corrected chi connectivity index (χ0v) is 18.6. The third kappa shape index (κ3) is 3.52. The Labute approximate surface area is 179 Å². The summed E-state index contributed by atoms with van der Waals surface area (Å²) in [5.41, 5.74) is 1.78. The lowest BCUT2D eigenvalue weighted by molar-refractivity contribution is -0.154. The van der Waals surface area contributed by atoms with Crippen molar-refractivity contribution in [2.75, 3.05) is 0 Å². The molecular formula is C25H36O5. The fourth-order valence-electron chi connectivity index (χ4n) is 7.85. The molecule has 0 aliphatic heterocycles. The van der Waals surface area contributed by atoms with Gasteiger partial charge in [0.25, 0.3) is 0 Å². The zero-order chi connectivity index (χ0) is 21.7. The number of hydrogen-bond donors (Lipinski definition) is 1. The summed E-state index contributed by atoms with van der Waals surface area (Å²) >= 11 is 0. The molecule has 0 spiro atoms. The monoisotopic (exact) mass is 416 g/mol. The molecule has 0 bridgehead atoms. The molecule has 0 aromatic heterocycles. The van der Waals surface area contributed by atoms with Crippen molar-refractivity contribution in [3.63, 3.8) is 0 Å². The van der Waals surface area contributed by atoms with Crippen LogP contribution in [0.4, 0.5) is 0 Å². The molecule has 4 aliphatic rings. The van der Waals surface area contributed by atoms with E-state index >= 15 is 0 Å². The maximum Gasteiger partial charge on any atom is 0.306 e. The summed E-state index contributed by atoms with van der Waals surface area (Å²) in [6.45, 7) is 6.57. The molecule has 0 heterocycles. The van der Waals surface area contributed by atoms with Gasteiger partial charge in [-0.1, -0.05) is 25.5 Å². The van der Waals surface area contributed by atoms with E-state index in [4.69, 9.17) is 9.84 Å². The number of carboxylic acids is 1. The van der Waals surface area contributed by atoms with Crippen LogP contribution < -0.4 is 0 Å². The van der Waals surface area contributed by atoms with Crippen LogP contribution in [-0.4, -0.2) is 28.9 Å². The van der Waals surface area contributed by atoms with Crippen molar-refractivity contribution in [1.29, 1.82) is 0 Å². The number of fused-ring (bicyclic) bond motifs is 5. The van der Waals surface area contributed by atoms with Crippen LogP contribution in [0.5, 0.6) is 0 Å². The number of ether oxygens (including phenoxy) is 1. The van der Waals surface area contributed by atoms with E-state index in [-0.39, 0.29) is 35.7 Å². The van der Waals surface area contributed by atoms with Crippen LogP contribution in [0.3, 0.4) is 0 Å². The first-order valence-corrected chi connectivity index (χ1v) is 11.8. The third-order valence-corrected chi connectivity index (χ3v) is 9.39. The number of hydrogen-bond acceptors (Lipinski definition) is 4. The maximum atomic E-state index is 12.3. The topological polar surface area (TPSA) is 80.7 Å². The summed E-state index contributed by atoms with van der Waals surface area (Å²) in [4.78, 5) is 35.0. The number of rotatable bonds is 5. The molecule has 0 amide bonds. The molecule has 7 atom stereocenters. The molecule has 3 saturated carbocycles. The van der Waals surface area contributed by atoms with Crippen LogP contribution in [0.2, 0.25) is 0 Å². The number of allylic oxidation sites excluding steroid dienone is 1. The molecule has 4 aliphatic carbocycles. The van der Waals surface area contributed by atoms with E-state index in [1.165, 1.54) is 18.4 Å². The van der Waals surface area contributed by atoms with E-state index in [1.54, 1.807) is 6.92 Å². The van der Waals surface area contributed by atoms with Crippen LogP contribution in [0.15, 0.2) is 11.6 Å². The van der Waals surface area contributed by atoms with Gasteiger partial charge in [-0.15, -0.1) is 0 Å². The highest BCUT2D eigenvalue weighted by molar-refractivity contribution is 5.79. The van der Waals surface area contributed by atoms with Crippen molar-refractivity contribution in [3.05, 3.63) is 11.6 Å². The molecule has 5 nitrogen and oxygen atoms in total. The van der Waals surface area contributed by atoms with Crippen LogP contribution in [0.1, 0.15) is 85.0 Å². The van der Waals surface area contributed by atoms with Crippen molar-refractivity contribution >= 4 is 17.7 Å². The van der Waals surface area contributed by atoms with Crippen molar-refractivity contribution in [2.45, 2.75) is 91.1 Å². The second-order valence-electron chi connectivity index (χ2n) is 10.8. The quantitative estimate of drug-likeness (QED) is 0.508. The van der Waals surface area contributed by atoms with Gasteiger partial charge in [0.2, 0.25) is 0 Å². The normalized spacial score (nSPS) is 42.4. The van der Waals surface area contributed by atoms with Gasteiger partial charge in [0, 0.05) is 12.3 Å². The third-order valence-electron chi connectivity index (χ3n) is 9.39. The summed E-state index contributed by atoms with van der Waals surface area (Å²) in [6.07, 6.45) is 10.4. The Morgan fingerprint density at radius 2 is 1.83 bits per heavy atom. The van der Waals surface area contributed by atoms with Crippen molar-refractivity contribution < 1.29 is 24.2 Å². The predicted molar refractivity (Wildman–Crippen MR) is 113 cm³/mol. The van der Waals surface area contributed by atoms with E-state index in [9.17, 15) is 14.4 Å². The minimum absolute atomic E-state index is 0.0512. The van der Waals surface area contributed by atoms with Crippen LogP contribution in [-0.2, 0) is 19.1 Å². The summed E-state index contributed by atoms with van der Waals surface area (Å²) < 4.78 is 5.62. The molecule has 4 unspecified atom stereocenters. The molecule has 3 fully saturated rings. The summed E-state index contributed by atoms with van der Waals surface area (Å²) in [7, 11) is 0. The molecule has 5 heteroatoms. The minimum Gasteiger partial charge on any atom is -0.481 e. The average molecular weight is 417 g/mol. The Hall–Kier alpha value is -1.65. The largest absolute Gasteiger partial charge is 0.481 e. The van der Waals surface area contributed by atoms with Crippen LogP contribution >= 0.6 is 0 Å². The highest BCUT2D eigenvalue weighted by Crippen LogP contribution is 2.66. The molecule has 0 saturated heterocycles. The Morgan fingerprint density at radius 3 is 2.53 bits per heavy atom. The number of Topliss-reactive ketones (excluding diaryl/α,β-unsaturated/α-hetero) is 1. The molecule has 0 radical (unpaired) electrons. The Morgan fingerprint density at radius 1 is 1.07 bits per heavy atom. The van der Waals surface area contributed by atoms with Gasteiger partial charge in [-0.25, -0.2) is 0 Å². The maximum absolute atomic E-state index is 12.3. The second-order valence-corrected chi connectivity index (χ2v) is 10.8. The highest BCUT2D eigenvalue weighted by atomic mass is 16.5. The first-order chi connectivity index (χ1) is 14.1. The zero-order valence-electron chi connectivity index (χ0n) is 18.6. The van der Waals surface area contributed by atoms with Gasteiger partial charge in [0.05, 0.1) is 12.8 Å². The van der Waals surface area contributed by atoms with Crippen LogP contribution in [0.25, 0.3) is 0 Å². The van der Waals surface area contributed by atoms with E-state index in [2.05, 4.69) is 19.9 Å². The van der Waals surface area contributed by atoms with E-state index < -0.39 is 11.9 Å². The smallest absolute Gasteiger partial charge is 0.306 e. The van der Waals surface area contributed by atoms with E-state index in [0.717, 1.165) is 38.5 Å². The lowest BCUT2D eigenvalue weighted by atomic mass is 9.47. The van der Waals surface area contributed by atoms with Gasteiger partial charge in [0.1, 0.15) is 11.9 Å². The predicted octanol–water partition coefficient (Wildman–Crippen LogP) is 4.93. The van der Waals surface area contributed by atoms with Gasteiger partial charge in [-0.3, -0.25) is 14.4 Å². The molecular weight excluding hydrogens is 380 g/mol. The summed E-state index contributed by atoms with van der Waals surface area (Å²) in [5, 5.41) is 8.76. The van der Waals surface area contributed by atoms with Crippen molar-refractivity contribution in [2.24, 2.45) is 34.5 Å². The van der Waals surface area contributed by atoms with Gasteiger partial charge in [-0.05, 0) is 80.5 Å². The molecule has 1 N–H and O–H groups in total. The molecule has 0 aromatic carbocycles. The number of carbonyl (C=O) groups excluding carboxylic acids is 2. The molecule has 30 heavy (non-hydrogen) atoms. The lowest BCUT2D eigenvalue weighted by Gasteiger charge is -2.58. The molecule has 4 rings (SSSR count). The van der Waals surface area contributed by atoms with E-state index in [0.29, 0.717) is 23.5 Å². The number of carboxylic acid groups (broad SMARTS) is 1. The van der Waals surface area contributed by atoms with Crippen LogP contribution in [0, 0.1) is 34.5 Å². The van der Waals surface area contributed by atoms with Gasteiger partial charge < -0.3 is 9.84 Å². The Kier molecular flexibility index (Phi) is 5.61. The fourth-order valence-corrected chi connectivity index (χ4v) is 7.85. The summed E-state index contributed by atoms with van der Waals surface area (Å²) in [5.74, 6) is 1.22. The van der Waals surface area contributed by atoms with Gasteiger partial charge in [-0.2, -0.15) is 0 Å². The fraction of sp³-hybridized carbons (Fsp3) is 0.800. The first kappa shape index (κ1) is 21.6. The number of ketones is 1. The van der Waals surface area contributed by atoms with Gasteiger partial charge >= 0.3 is 11.9 Å². The summed E-state index contributed by atoms with van der Waals surface area (Å²) in [6, 6.07) is 0. The molecule has 166 valence electrons. The first-order valence-electron chi connectivity index (χ1n) is 11.8. The number of carbonyl (C=O) groups is 3. The Balaban J connectivity index is 1.46. The standard InChI is InChI=1S/C25H36O5/c1-15(26)19-6-7-20-18-5-4-16-14-17(30-23(29)9-8-22(27)28)10-12-24(16,2)21(18)11-13-25(19,20)3/h4,17-21H,5-14H2,1-3H3,(H,27,28)/t17-,18?,19?,20?,21?,24-,25+/m0/s1.